The number of likely N-dealkylation sites (tertiary alicyclic amines) is 1. The van der Waals surface area contributed by atoms with Crippen LogP contribution in [0.15, 0.2) is 48.5 Å². The highest BCUT2D eigenvalue weighted by Gasteiger charge is 2.30. The van der Waals surface area contributed by atoms with Crippen molar-refractivity contribution in [3.8, 4) is 0 Å². The molecule has 8 heteroatoms. The number of benzene rings is 2. The molecule has 1 saturated heterocycles. The lowest BCUT2D eigenvalue weighted by Crippen LogP contribution is -2.44. The van der Waals surface area contributed by atoms with Crippen molar-refractivity contribution in [3.05, 3.63) is 70.2 Å². The van der Waals surface area contributed by atoms with Gasteiger partial charge in [-0.2, -0.15) is 0 Å². The molecule has 1 fully saturated rings. The second-order valence-corrected chi connectivity index (χ2v) is 8.44. The summed E-state index contributed by atoms with van der Waals surface area (Å²) in [5, 5.41) is 15.6. The van der Waals surface area contributed by atoms with E-state index in [0.29, 0.717) is 5.91 Å². The molecule has 0 unspecified atom stereocenters. The quantitative estimate of drug-likeness (QED) is 0.685. The first-order valence-electron chi connectivity index (χ1n) is 10.6. The van der Waals surface area contributed by atoms with Gasteiger partial charge in [0.15, 0.2) is 0 Å². The fourth-order valence-electron chi connectivity index (χ4n) is 4.15. The summed E-state index contributed by atoms with van der Waals surface area (Å²) >= 11 is 6.28. The van der Waals surface area contributed by atoms with Gasteiger partial charge < -0.3 is 15.1 Å². The monoisotopic (exact) mass is 458 g/mol. The van der Waals surface area contributed by atoms with E-state index in [-0.39, 0.29) is 5.92 Å². The normalized spacial score (nSPS) is 16.5. The molecule has 1 amide bonds. The molecular formula is C24H27ClN2O5. The Hall–Kier alpha value is -2.90. The highest BCUT2D eigenvalue weighted by Crippen LogP contribution is 2.26. The third-order valence-electron chi connectivity index (χ3n) is 5.91. The molecule has 170 valence electrons. The molecule has 2 aromatic carbocycles. The number of carboxylic acids is 2. The van der Waals surface area contributed by atoms with Crippen molar-refractivity contribution in [3.63, 3.8) is 0 Å². The highest BCUT2D eigenvalue weighted by atomic mass is 35.5. The maximum absolute atomic E-state index is 13.0. The van der Waals surface area contributed by atoms with Gasteiger partial charge in [0.25, 0.3) is 0 Å². The molecule has 0 spiro atoms. The van der Waals surface area contributed by atoms with E-state index in [1.54, 1.807) is 0 Å². The number of halogens is 1. The number of rotatable bonds is 3. The summed E-state index contributed by atoms with van der Waals surface area (Å²) in [6.07, 6.45) is 2.87. The minimum absolute atomic E-state index is 0.169. The Labute approximate surface area is 192 Å². The molecule has 0 aromatic heterocycles. The van der Waals surface area contributed by atoms with E-state index in [2.05, 4.69) is 40.1 Å². The first kappa shape index (κ1) is 23.8. The van der Waals surface area contributed by atoms with Crippen molar-refractivity contribution < 1.29 is 24.6 Å². The van der Waals surface area contributed by atoms with E-state index in [1.807, 2.05) is 18.2 Å². The zero-order valence-corrected chi connectivity index (χ0v) is 18.5. The third-order valence-corrected chi connectivity index (χ3v) is 6.28. The molecule has 0 radical (unpaired) electrons. The van der Waals surface area contributed by atoms with Gasteiger partial charge in [0.1, 0.15) is 0 Å². The average Bonchev–Trinajstić information content (AvgIpc) is 2.80. The molecule has 0 aliphatic carbocycles. The molecule has 2 aromatic rings. The Morgan fingerprint density at radius 3 is 2.09 bits per heavy atom. The SMILES string of the molecule is O=C(C1CCN(Cc2ccccc2Cl)CC1)N1CCc2ccccc2C1.O=C(O)C(=O)O. The predicted molar refractivity (Wildman–Crippen MR) is 120 cm³/mol. The molecule has 0 bridgehead atoms. The van der Waals surface area contributed by atoms with Crippen LogP contribution in [-0.4, -0.2) is 57.5 Å². The Morgan fingerprint density at radius 1 is 0.875 bits per heavy atom. The second kappa shape index (κ2) is 11.1. The number of nitrogens with zero attached hydrogens (tertiary/aromatic N) is 2. The van der Waals surface area contributed by atoms with E-state index in [0.717, 1.165) is 57.0 Å². The van der Waals surface area contributed by atoms with Crippen molar-refractivity contribution in [2.75, 3.05) is 19.6 Å². The van der Waals surface area contributed by atoms with E-state index in [4.69, 9.17) is 31.4 Å². The number of carbonyl (C=O) groups excluding carboxylic acids is 1. The fraction of sp³-hybridized carbons (Fsp3) is 0.375. The van der Waals surface area contributed by atoms with Crippen LogP contribution in [0.2, 0.25) is 5.02 Å². The van der Waals surface area contributed by atoms with Crippen molar-refractivity contribution >= 4 is 29.4 Å². The van der Waals surface area contributed by atoms with Crippen LogP contribution in [0.3, 0.4) is 0 Å². The number of fused-ring (bicyclic) bond motifs is 1. The number of amides is 1. The Kier molecular flexibility index (Phi) is 8.25. The molecule has 0 atom stereocenters. The standard InChI is InChI=1S/C22H25ClN2O.C2H2O4/c23-21-8-4-3-7-20(21)15-24-12-9-18(10-13-24)22(26)25-14-11-17-5-1-2-6-19(17)16-25;3-1(4)2(5)6/h1-8,18H,9-16H2;(H,3,4)(H,5,6). The summed E-state index contributed by atoms with van der Waals surface area (Å²) in [5.41, 5.74) is 3.88. The number of hydrogen-bond acceptors (Lipinski definition) is 4. The first-order chi connectivity index (χ1) is 15.3. The van der Waals surface area contributed by atoms with Crippen LogP contribution in [0.4, 0.5) is 0 Å². The van der Waals surface area contributed by atoms with E-state index in [1.165, 1.54) is 16.7 Å². The largest absolute Gasteiger partial charge is 0.473 e. The van der Waals surface area contributed by atoms with Crippen LogP contribution in [0.5, 0.6) is 0 Å². The third kappa shape index (κ3) is 6.31. The minimum atomic E-state index is -1.82. The number of piperidine rings is 1. The van der Waals surface area contributed by atoms with Gasteiger partial charge >= 0.3 is 11.9 Å². The number of carbonyl (C=O) groups is 3. The van der Waals surface area contributed by atoms with Crippen LogP contribution in [0, 0.1) is 5.92 Å². The van der Waals surface area contributed by atoms with E-state index in [9.17, 15) is 4.79 Å². The summed E-state index contributed by atoms with van der Waals surface area (Å²) in [5.74, 6) is -3.13. The molecule has 0 saturated carbocycles. The predicted octanol–water partition coefficient (Wildman–Crippen LogP) is 3.29. The van der Waals surface area contributed by atoms with Crippen molar-refractivity contribution in [1.82, 2.24) is 9.80 Å². The average molecular weight is 459 g/mol. The molecular weight excluding hydrogens is 432 g/mol. The summed E-state index contributed by atoms with van der Waals surface area (Å²) in [6.45, 7) is 4.43. The molecule has 2 N–H and O–H groups in total. The summed E-state index contributed by atoms with van der Waals surface area (Å²) < 4.78 is 0. The lowest BCUT2D eigenvalue weighted by atomic mass is 9.93. The summed E-state index contributed by atoms with van der Waals surface area (Å²) in [6, 6.07) is 16.5. The Bertz CT molecular complexity index is 960. The zero-order chi connectivity index (χ0) is 23.1. The van der Waals surface area contributed by atoms with Gasteiger partial charge in [0, 0.05) is 30.6 Å². The van der Waals surface area contributed by atoms with Gasteiger partial charge in [-0.1, -0.05) is 54.1 Å². The van der Waals surface area contributed by atoms with Crippen molar-refractivity contribution in [2.24, 2.45) is 5.92 Å². The molecule has 7 nitrogen and oxygen atoms in total. The highest BCUT2D eigenvalue weighted by molar-refractivity contribution is 6.31. The number of aliphatic carboxylic acids is 2. The summed E-state index contributed by atoms with van der Waals surface area (Å²) in [7, 11) is 0. The van der Waals surface area contributed by atoms with Gasteiger partial charge in [-0.15, -0.1) is 0 Å². The smallest absolute Gasteiger partial charge is 0.414 e. The van der Waals surface area contributed by atoms with Crippen molar-refractivity contribution in [1.29, 1.82) is 0 Å². The van der Waals surface area contributed by atoms with Crippen LogP contribution < -0.4 is 0 Å². The van der Waals surface area contributed by atoms with E-state index < -0.39 is 11.9 Å². The summed E-state index contributed by atoms with van der Waals surface area (Å²) in [4.78, 5) is 35.6. The Morgan fingerprint density at radius 2 is 1.47 bits per heavy atom. The number of carboxylic acid groups (broad SMARTS) is 2. The minimum Gasteiger partial charge on any atom is -0.473 e. The lowest BCUT2D eigenvalue weighted by molar-refractivity contribution is -0.159. The van der Waals surface area contributed by atoms with Gasteiger partial charge in [-0.05, 0) is 55.1 Å². The van der Waals surface area contributed by atoms with Crippen LogP contribution in [0.1, 0.15) is 29.5 Å². The molecule has 4 rings (SSSR count). The fourth-order valence-corrected chi connectivity index (χ4v) is 4.34. The van der Waals surface area contributed by atoms with E-state index >= 15 is 0 Å². The zero-order valence-electron chi connectivity index (χ0n) is 17.7. The molecule has 2 aliphatic rings. The molecule has 2 heterocycles. The van der Waals surface area contributed by atoms with Crippen LogP contribution in [-0.2, 0) is 33.9 Å². The van der Waals surface area contributed by atoms with Crippen molar-refractivity contribution in [2.45, 2.75) is 32.4 Å². The lowest BCUT2D eigenvalue weighted by Gasteiger charge is -2.36. The van der Waals surface area contributed by atoms with Gasteiger partial charge in [-0.3, -0.25) is 9.69 Å². The first-order valence-corrected chi connectivity index (χ1v) is 11.0. The van der Waals surface area contributed by atoms with Crippen LogP contribution in [0.25, 0.3) is 0 Å². The Balaban J connectivity index is 0.000000427. The van der Waals surface area contributed by atoms with Gasteiger partial charge in [0.05, 0.1) is 0 Å². The maximum Gasteiger partial charge on any atom is 0.414 e. The molecule has 2 aliphatic heterocycles. The maximum atomic E-state index is 13.0. The second-order valence-electron chi connectivity index (χ2n) is 8.03. The van der Waals surface area contributed by atoms with Gasteiger partial charge in [-0.25, -0.2) is 9.59 Å². The molecule has 32 heavy (non-hydrogen) atoms. The van der Waals surface area contributed by atoms with Gasteiger partial charge in [0.2, 0.25) is 5.91 Å². The topological polar surface area (TPSA) is 98.2 Å². The number of hydrogen-bond donors (Lipinski definition) is 2. The van der Waals surface area contributed by atoms with Crippen LogP contribution >= 0.6 is 11.6 Å².